The maximum Gasteiger partial charge on any atom is 0.123 e. The van der Waals surface area contributed by atoms with Gasteiger partial charge in [-0.05, 0) is 48.5 Å². The number of rotatable bonds is 3. The normalized spacial score (nSPS) is 11.4. The van der Waals surface area contributed by atoms with E-state index in [1.807, 2.05) is 0 Å². The molecule has 0 saturated heterocycles. The first-order valence-electron chi connectivity index (χ1n) is 5.32. The van der Waals surface area contributed by atoms with Crippen molar-refractivity contribution >= 4 is 23.8 Å². The van der Waals surface area contributed by atoms with Crippen LogP contribution in [0.25, 0.3) is 0 Å². The molecule has 0 radical (unpaired) electrons. The van der Waals surface area contributed by atoms with Crippen LogP contribution >= 0.6 is 0 Å². The highest BCUT2D eigenvalue weighted by molar-refractivity contribution is 6.17. The van der Waals surface area contributed by atoms with Gasteiger partial charge in [-0.25, -0.2) is 8.78 Å². The number of hydrogen-bond acceptors (Lipinski definition) is 2. The van der Waals surface area contributed by atoms with E-state index in [-0.39, 0.29) is 11.6 Å². The largest absolute Gasteiger partial charge is 0.255 e. The van der Waals surface area contributed by atoms with Gasteiger partial charge in [0.05, 0.1) is 11.4 Å². The van der Waals surface area contributed by atoms with Gasteiger partial charge in [0.1, 0.15) is 11.6 Å². The van der Waals surface area contributed by atoms with Crippen LogP contribution in [0.1, 0.15) is 0 Å². The zero-order chi connectivity index (χ0) is 12.8. The summed E-state index contributed by atoms with van der Waals surface area (Å²) >= 11 is 0. The molecule has 0 N–H and O–H groups in total. The van der Waals surface area contributed by atoms with Crippen LogP contribution in [0.2, 0.25) is 0 Å². The summed E-state index contributed by atoms with van der Waals surface area (Å²) in [5.74, 6) is -0.595. The molecule has 0 unspecified atom stereocenters. The smallest absolute Gasteiger partial charge is 0.123 e. The third-order valence-corrected chi connectivity index (χ3v) is 2.17. The Labute approximate surface area is 103 Å². The maximum absolute atomic E-state index is 12.6. The molecule has 2 aromatic carbocycles. The van der Waals surface area contributed by atoms with E-state index >= 15 is 0 Å². The first-order valence-corrected chi connectivity index (χ1v) is 5.32. The average Bonchev–Trinajstić information content (AvgIpc) is 2.39. The number of aliphatic imine (C=N–C) groups is 2. The summed E-state index contributed by atoms with van der Waals surface area (Å²) in [6.07, 6.45) is 2.99. The van der Waals surface area contributed by atoms with E-state index in [1.54, 1.807) is 24.3 Å². The zero-order valence-corrected chi connectivity index (χ0v) is 9.42. The standard InChI is InChI=1S/C14H10F2N2/c15-11-1-5-13(6-2-11)17-9-10-18-14-7-3-12(16)4-8-14/h1-10H. The number of nitrogens with zero attached hydrogens (tertiary/aromatic N) is 2. The summed E-state index contributed by atoms with van der Waals surface area (Å²) in [7, 11) is 0. The van der Waals surface area contributed by atoms with Crippen molar-refractivity contribution in [3.8, 4) is 0 Å². The van der Waals surface area contributed by atoms with E-state index in [1.165, 1.54) is 36.7 Å². The predicted molar refractivity (Wildman–Crippen MR) is 69.1 cm³/mol. The molecule has 90 valence electrons. The fourth-order valence-corrected chi connectivity index (χ4v) is 1.29. The van der Waals surface area contributed by atoms with Crippen molar-refractivity contribution in [2.24, 2.45) is 9.98 Å². The second-order valence-electron chi connectivity index (χ2n) is 3.51. The van der Waals surface area contributed by atoms with E-state index in [4.69, 9.17) is 0 Å². The molecule has 0 bridgehead atoms. The molecular formula is C14H10F2N2. The van der Waals surface area contributed by atoms with E-state index in [2.05, 4.69) is 9.98 Å². The molecule has 0 aliphatic heterocycles. The Hall–Kier alpha value is -2.36. The predicted octanol–water partition coefficient (Wildman–Crippen LogP) is 4.07. The lowest BCUT2D eigenvalue weighted by Gasteiger charge is -1.92. The van der Waals surface area contributed by atoms with Crippen LogP contribution in [0.5, 0.6) is 0 Å². The van der Waals surface area contributed by atoms with E-state index in [0.717, 1.165) is 0 Å². The molecule has 2 nitrogen and oxygen atoms in total. The molecule has 2 rings (SSSR count). The molecule has 0 saturated carbocycles. The summed E-state index contributed by atoms with van der Waals surface area (Å²) < 4.78 is 25.2. The number of benzene rings is 2. The fraction of sp³-hybridized carbons (Fsp3) is 0. The first-order chi connectivity index (χ1) is 8.74. The Morgan fingerprint density at radius 2 is 0.944 bits per heavy atom. The molecule has 0 spiro atoms. The van der Waals surface area contributed by atoms with E-state index in [9.17, 15) is 8.78 Å². The van der Waals surface area contributed by atoms with Crippen LogP contribution in [0, 0.1) is 11.6 Å². The lowest BCUT2D eigenvalue weighted by molar-refractivity contribution is 0.627. The van der Waals surface area contributed by atoms with Gasteiger partial charge in [0.25, 0.3) is 0 Å². The zero-order valence-electron chi connectivity index (χ0n) is 9.42. The molecule has 0 atom stereocenters. The van der Waals surface area contributed by atoms with Crippen molar-refractivity contribution in [1.29, 1.82) is 0 Å². The fourth-order valence-electron chi connectivity index (χ4n) is 1.29. The van der Waals surface area contributed by atoms with Gasteiger partial charge in [-0.3, -0.25) is 9.98 Å². The van der Waals surface area contributed by atoms with Gasteiger partial charge in [-0.2, -0.15) is 0 Å². The second kappa shape index (κ2) is 5.82. The Kier molecular flexibility index (Phi) is 3.91. The van der Waals surface area contributed by atoms with Gasteiger partial charge < -0.3 is 0 Å². The van der Waals surface area contributed by atoms with Crippen molar-refractivity contribution in [3.05, 3.63) is 60.2 Å². The third kappa shape index (κ3) is 3.59. The highest BCUT2D eigenvalue weighted by Crippen LogP contribution is 2.12. The van der Waals surface area contributed by atoms with Crippen molar-refractivity contribution in [3.63, 3.8) is 0 Å². The van der Waals surface area contributed by atoms with Crippen LogP contribution in [0.15, 0.2) is 58.5 Å². The Balaban J connectivity index is 1.98. The molecule has 2 aromatic rings. The Morgan fingerprint density at radius 1 is 0.611 bits per heavy atom. The molecule has 0 fully saturated rings. The summed E-state index contributed by atoms with van der Waals surface area (Å²) in [4.78, 5) is 8.13. The molecule has 0 aliphatic rings. The SMILES string of the molecule is Fc1ccc(N=CC=Nc2ccc(F)cc2)cc1. The lowest BCUT2D eigenvalue weighted by Crippen LogP contribution is -1.76. The molecular weight excluding hydrogens is 234 g/mol. The highest BCUT2D eigenvalue weighted by Gasteiger charge is 1.89. The summed E-state index contributed by atoms with van der Waals surface area (Å²) in [5.41, 5.74) is 1.28. The minimum absolute atomic E-state index is 0.297. The molecule has 0 aromatic heterocycles. The van der Waals surface area contributed by atoms with Gasteiger partial charge in [-0.1, -0.05) is 0 Å². The molecule has 0 amide bonds. The van der Waals surface area contributed by atoms with Crippen molar-refractivity contribution in [2.45, 2.75) is 0 Å². The quantitative estimate of drug-likeness (QED) is 0.727. The minimum Gasteiger partial charge on any atom is -0.255 e. The second-order valence-corrected chi connectivity index (χ2v) is 3.51. The van der Waals surface area contributed by atoms with E-state index in [0.29, 0.717) is 11.4 Å². The van der Waals surface area contributed by atoms with Crippen molar-refractivity contribution in [2.75, 3.05) is 0 Å². The molecule has 18 heavy (non-hydrogen) atoms. The van der Waals surface area contributed by atoms with Crippen LogP contribution in [-0.4, -0.2) is 12.4 Å². The van der Waals surface area contributed by atoms with Crippen LogP contribution in [0.3, 0.4) is 0 Å². The lowest BCUT2D eigenvalue weighted by atomic mass is 10.3. The first kappa shape index (κ1) is 12.1. The molecule has 0 aliphatic carbocycles. The molecule has 4 heteroatoms. The van der Waals surface area contributed by atoms with Crippen LogP contribution in [0.4, 0.5) is 20.2 Å². The van der Waals surface area contributed by atoms with Gasteiger partial charge in [-0.15, -0.1) is 0 Å². The maximum atomic E-state index is 12.6. The Bertz CT molecular complexity index is 504. The average molecular weight is 244 g/mol. The van der Waals surface area contributed by atoms with Crippen LogP contribution in [-0.2, 0) is 0 Å². The van der Waals surface area contributed by atoms with Gasteiger partial charge in [0.15, 0.2) is 0 Å². The van der Waals surface area contributed by atoms with Crippen molar-refractivity contribution in [1.82, 2.24) is 0 Å². The third-order valence-electron chi connectivity index (χ3n) is 2.17. The summed E-state index contributed by atoms with van der Waals surface area (Å²) in [6.45, 7) is 0. The van der Waals surface area contributed by atoms with Gasteiger partial charge >= 0.3 is 0 Å². The number of halogens is 2. The number of hydrogen-bond donors (Lipinski definition) is 0. The summed E-state index contributed by atoms with van der Waals surface area (Å²) in [6, 6.07) is 11.6. The molecule has 0 heterocycles. The summed E-state index contributed by atoms with van der Waals surface area (Å²) in [5, 5.41) is 0. The van der Waals surface area contributed by atoms with Crippen molar-refractivity contribution < 1.29 is 8.78 Å². The van der Waals surface area contributed by atoms with Crippen LogP contribution < -0.4 is 0 Å². The van der Waals surface area contributed by atoms with E-state index < -0.39 is 0 Å². The Morgan fingerprint density at radius 3 is 1.28 bits per heavy atom. The van der Waals surface area contributed by atoms with Gasteiger partial charge in [0, 0.05) is 12.4 Å². The van der Waals surface area contributed by atoms with Gasteiger partial charge in [0.2, 0.25) is 0 Å². The minimum atomic E-state index is -0.297. The highest BCUT2D eigenvalue weighted by atomic mass is 19.1. The monoisotopic (exact) mass is 244 g/mol. The topological polar surface area (TPSA) is 24.7 Å².